The highest BCUT2D eigenvalue weighted by molar-refractivity contribution is 5.79. The number of ether oxygens (including phenoxy) is 1. The zero-order valence-corrected chi connectivity index (χ0v) is 14.8. The van der Waals surface area contributed by atoms with Crippen molar-refractivity contribution < 1.29 is 14.3 Å². The molecule has 0 saturated heterocycles. The molecule has 0 radical (unpaired) electrons. The first-order valence-corrected chi connectivity index (χ1v) is 8.49. The van der Waals surface area contributed by atoms with Crippen LogP contribution in [0.2, 0.25) is 0 Å². The summed E-state index contributed by atoms with van der Waals surface area (Å²) < 4.78 is 5.39. The summed E-state index contributed by atoms with van der Waals surface area (Å²) in [6, 6.07) is 15.6. The molecule has 1 aliphatic rings. The molecule has 0 heterocycles. The molecule has 0 aliphatic heterocycles. The van der Waals surface area contributed by atoms with Crippen molar-refractivity contribution in [1.82, 2.24) is 5.32 Å². The Morgan fingerprint density at radius 2 is 1.72 bits per heavy atom. The van der Waals surface area contributed by atoms with Crippen LogP contribution in [0.1, 0.15) is 49.5 Å². The quantitative estimate of drug-likeness (QED) is 0.824. The number of benzene rings is 2. The summed E-state index contributed by atoms with van der Waals surface area (Å²) in [5, 5.41) is 3.02. The van der Waals surface area contributed by atoms with Gasteiger partial charge in [-0.25, -0.2) is 4.79 Å². The van der Waals surface area contributed by atoms with Crippen LogP contribution in [0.4, 0.5) is 4.79 Å². The number of aldehydes is 1. The Labute approximate surface area is 148 Å². The summed E-state index contributed by atoms with van der Waals surface area (Å²) in [6.45, 7) is 5.56. The predicted octanol–water partition coefficient (Wildman–Crippen LogP) is 4.68. The first-order chi connectivity index (χ1) is 11.8. The zero-order valence-electron chi connectivity index (χ0n) is 14.8. The first kappa shape index (κ1) is 17.2. The topological polar surface area (TPSA) is 55.4 Å². The third-order valence-electron chi connectivity index (χ3n) is 4.26. The number of amides is 1. The maximum Gasteiger partial charge on any atom is 0.408 e. The fourth-order valence-corrected chi connectivity index (χ4v) is 2.90. The Hall–Kier alpha value is -2.62. The lowest BCUT2D eigenvalue weighted by atomic mass is 9.97. The van der Waals surface area contributed by atoms with Gasteiger partial charge in [-0.1, -0.05) is 36.4 Å². The molecule has 0 bridgehead atoms. The number of hydrogen-bond donors (Lipinski definition) is 1. The van der Waals surface area contributed by atoms with Crippen LogP contribution < -0.4 is 5.32 Å². The van der Waals surface area contributed by atoms with E-state index >= 15 is 0 Å². The number of hydrogen-bond acceptors (Lipinski definition) is 3. The molecule has 4 nitrogen and oxygen atoms in total. The van der Waals surface area contributed by atoms with E-state index in [1.807, 2.05) is 57.2 Å². The van der Waals surface area contributed by atoms with Gasteiger partial charge in [-0.05, 0) is 62.4 Å². The standard InChI is InChI=1S/C21H23NO3/c1-20(2,3)25-19(24)22-21(10-11-21)18-9-5-8-17(13-18)16-7-4-6-15(12-16)14-23/h4-9,12-14H,10-11H2,1-3H3,(H,22,24). The summed E-state index contributed by atoms with van der Waals surface area (Å²) in [7, 11) is 0. The van der Waals surface area contributed by atoms with E-state index in [0.717, 1.165) is 35.8 Å². The van der Waals surface area contributed by atoms with Gasteiger partial charge in [-0.3, -0.25) is 4.79 Å². The summed E-state index contributed by atoms with van der Waals surface area (Å²) in [5.41, 5.74) is 2.86. The molecule has 1 saturated carbocycles. The molecule has 25 heavy (non-hydrogen) atoms. The Balaban J connectivity index is 1.83. The highest BCUT2D eigenvalue weighted by Crippen LogP contribution is 2.46. The van der Waals surface area contributed by atoms with Crippen molar-refractivity contribution in [2.24, 2.45) is 0 Å². The van der Waals surface area contributed by atoms with E-state index in [0.29, 0.717) is 5.56 Å². The Bertz CT molecular complexity index is 801. The molecule has 1 aliphatic carbocycles. The van der Waals surface area contributed by atoms with Gasteiger partial charge in [-0.2, -0.15) is 0 Å². The summed E-state index contributed by atoms with van der Waals surface area (Å²) in [5.74, 6) is 0. The number of carbonyl (C=O) groups is 2. The van der Waals surface area contributed by atoms with Gasteiger partial charge >= 0.3 is 6.09 Å². The summed E-state index contributed by atoms with van der Waals surface area (Å²) in [4.78, 5) is 23.2. The van der Waals surface area contributed by atoms with Gasteiger partial charge in [0.05, 0.1) is 5.54 Å². The molecule has 0 aromatic heterocycles. The fraction of sp³-hybridized carbons (Fsp3) is 0.333. The van der Waals surface area contributed by atoms with Gasteiger partial charge in [0, 0.05) is 5.56 Å². The van der Waals surface area contributed by atoms with Gasteiger partial charge in [-0.15, -0.1) is 0 Å². The summed E-state index contributed by atoms with van der Waals surface area (Å²) >= 11 is 0. The molecule has 4 heteroatoms. The molecule has 2 aromatic rings. The minimum absolute atomic E-state index is 0.347. The van der Waals surface area contributed by atoms with Crippen LogP contribution in [0, 0.1) is 0 Å². The molecule has 1 N–H and O–H groups in total. The van der Waals surface area contributed by atoms with Crippen molar-refractivity contribution >= 4 is 12.4 Å². The molecule has 2 aromatic carbocycles. The zero-order chi connectivity index (χ0) is 18.1. The van der Waals surface area contributed by atoms with E-state index in [4.69, 9.17) is 4.74 Å². The molecule has 0 spiro atoms. The van der Waals surface area contributed by atoms with Crippen molar-refractivity contribution in [3.63, 3.8) is 0 Å². The second-order valence-corrected chi connectivity index (χ2v) is 7.53. The van der Waals surface area contributed by atoms with Crippen LogP contribution in [0.25, 0.3) is 11.1 Å². The SMILES string of the molecule is CC(C)(C)OC(=O)NC1(c2cccc(-c3cccc(C=O)c3)c2)CC1. The highest BCUT2D eigenvalue weighted by Gasteiger charge is 2.46. The number of nitrogens with one attached hydrogen (secondary N) is 1. The molecule has 0 atom stereocenters. The molecular formula is C21H23NO3. The Morgan fingerprint density at radius 3 is 2.32 bits per heavy atom. The normalized spacial score (nSPS) is 15.3. The summed E-state index contributed by atoms with van der Waals surface area (Å²) in [6.07, 6.45) is 2.24. The van der Waals surface area contributed by atoms with E-state index in [-0.39, 0.29) is 5.54 Å². The molecule has 1 fully saturated rings. The van der Waals surface area contributed by atoms with Gasteiger partial charge < -0.3 is 10.1 Å². The number of rotatable bonds is 4. The van der Waals surface area contributed by atoms with Gasteiger partial charge in [0.2, 0.25) is 0 Å². The van der Waals surface area contributed by atoms with Crippen molar-refractivity contribution in [3.8, 4) is 11.1 Å². The minimum Gasteiger partial charge on any atom is -0.444 e. The highest BCUT2D eigenvalue weighted by atomic mass is 16.6. The average Bonchev–Trinajstić information content (AvgIpc) is 3.34. The lowest BCUT2D eigenvalue weighted by molar-refractivity contribution is 0.0495. The second-order valence-electron chi connectivity index (χ2n) is 7.53. The van der Waals surface area contributed by atoms with Crippen LogP contribution >= 0.6 is 0 Å². The maximum absolute atomic E-state index is 12.2. The van der Waals surface area contributed by atoms with E-state index < -0.39 is 11.7 Å². The fourth-order valence-electron chi connectivity index (χ4n) is 2.90. The van der Waals surface area contributed by atoms with Gasteiger partial charge in [0.25, 0.3) is 0 Å². The number of alkyl carbamates (subject to hydrolysis) is 1. The lowest BCUT2D eigenvalue weighted by Crippen LogP contribution is -2.39. The van der Waals surface area contributed by atoms with Crippen molar-refractivity contribution in [1.29, 1.82) is 0 Å². The van der Waals surface area contributed by atoms with E-state index in [9.17, 15) is 9.59 Å². The Kier molecular flexibility index (Phi) is 4.38. The average molecular weight is 337 g/mol. The second kappa shape index (κ2) is 6.36. The van der Waals surface area contributed by atoms with Crippen LogP contribution in [-0.4, -0.2) is 18.0 Å². The molecule has 1 amide bonds. The largest absolute Gasteiger partial charge is 0.444 e. The van der Waals surface area contributed by atoms with E-state index in [2.05, 4.69) is 11.4 Å². The molecule has 3 rings (SSSR count). The van der Waals surface area contributed by atoms with E-state index in [1.54, 1.807) is 6.07 Å². The van der Waals surface area contributed by atoms with Crippen molar-refractivity contribution in [2.75, 3.05) is 0 Å². The minimum atomic E-state index is -0.517. The van der Waals surface area contributed by atoms with E-state index in [1.165, 1.54) is 0 Å². The van der Waals surface area contributed by atoms with Crippen molar-refractivity contribution in [2.45, 2.75) is 44.8 Å². The molecular weight excluding hydrogens is 314 g/mol. The lowest BCUT2D eigenvalue weighted by Gasteiger charge is -2.24. The van der Waals surface area contributed by atoms with Crippen LogP contribution in [0.3, 0.4) is 0 Å². The molecule has 130 valence electrons. The van der Waals surface area contributed by atoms with Crippen molar-refractivity contribution in [3.05, 3.63) is 59.7 Å². The van der Waals surface area contributed by atoms with Crippen LogP contribution in [-0.2, 0) is 10.3 Å². The van der Waals surface area contributed by atoms with Gasteiger partial charge in [0.15, 0.2) is 0 Å². The van der Waals surface area contributed by atoms with Crippen LogP contribution in [0.5, 0.6) is 0 Å². The number of carbonyl (C=O) groups excluding carboxylic acids is 2. The third kappa shape index (κ3) is 4.08. The van der Waals surface area contributed by atoms with Gasteiger partial charge in [0.1, 0.15) is 11.9 Å². The third-order valence-corrected chi connectivity index (χ3v) is 4.26. The first-order valence-electron chi connectivity index (χ1n) is 8.49. The van der Waals surface area contributed by atoms with Crippen LogP contribution in [0.15, 0.2) is 48.5 Å². The monoisotopic (exact) mass is 337 g/mol. The smallest absolute Gasteiger partial charge is 0.408 e. The molecule has 0 unspecified atom stereocenters. The maximum atomic E-state index is 12.2. The Morgan fingerprint density at radius 1 is 1.08 bits per heavy atom. The predicted molar refractivity (Wildman–Crippen MR) is 97.5 cm³/mol.